The van der Waals surface area contributed by atoms with E-state index in [4.69, 9.17) is 10.2 Å². The number of nitrogens with two attached hydrogens (primary N) is 1. The number of nitro benzene ring substituents is 1. The van der Waals surface area contributed by atoms with Crippen LogP contribution in [0.25, 0.3) is 22.9 Å². The molecule has 2 N–H and O–H groups in total. The summed E-state index contributed by atoms with van der Waals surface area (Å²) >= 11 is 0. The molecule has 0 unspecified atom stereocenters. The average molecular weight is 310 g/mol. The molecule has 0 aliphatic carbocycles. The van der Waals surface area contributed by atoms with Crippen LogP contribution in [0.5, 0.6) is 0 Å². The maximum atomic E-state index is 11.4. The van der Waals surface area contributed by atoms with Crippen molar-refractivity contribution in [2.45, 2.75) is 0 Å². The van der Waals surface area contributed by atoms with Crippen molar-refractivity contribution in [3.8, 4) is 22.9 Å². The number of carbonyl (C=O) groups excluding carboxylic acids is 1. The molecule has 0 saturated carbocycles. The fourth-order valence-electron chi connectivity index (χ4n) is 2.06. The van der Waals surface area contributed by atoms with E-state index in [0.717, 1.165) is 0 Å². The summed E-state index contributed by atoms with van der Waals surface area (Å²) in [6, 6.07) is 12.3. The van der Waals surface area contributed by atoms with Crippen LogP contribution in [-0.2, 0) is 0 Å². The lowest BCUT2D eigenvalue weighted by atomic mass is 10.1. The maximum absolute atomic E-state index is 11.4. The number of non-ortho nitro benzene ring substituents is 1. The van der Waals surface area contributed by atoms with Crippen LogP contribution in [0.3, 0.4) is 0 Å². The summed E-state index contributed by atoms with van der Waals surface area (Å²) in [7, 11) is 0. The Bertz CT molecular complexity index is 887. The molecule has 0 saturated heterocycles. The van der Waals surface area contributed by atoms with Gasteiger partial charge >= 0.3 is 0 Å². The second-order valence-electron chi connectivity index (χ2n) is 4.63. The van der Waals surface area contributed by atoms with Crippen molar-refractivity contribution in [2.24, 2.45) is 5.73 Å². The number of rotatable bonds is 4. The van der Waals surface area contributed by atoms with Crippen molar-refractivity contribution in [2.75, 3.05) is 0 Å². The molecule has 1 heterocycles. The van der Waals surface area contributed by atoms with Crippen LogP contribution in [0.1, 0.15) is 10.4 Å². The maximum Gasteiger partial charge on any atom is 0.269 e. The summed E-state index contributed by atoms with van der Waals surface area (Å²) < 4.78 is 5.55. The van der Waals surface area contributed by atoms with Gasteiger partial charge in [-0.2, -0.15) is 0 Å². The molecule has 0 spiro atoms. The van der Waals surface area contributed by atoms with Crippen LogP contribution >= 0.6 is 0 Å². The van der Waals surface area contributed by atoms with Gasteiger partial charge in [-0.05, 0) is 24.3 Å². The monoisotopic (exact) mass is 310 g/mol. The molecular weight excluding hydrogens is 300 g/mol. The molecule has 114 valence electrons. The molecule has 0 atom stereocenters. The Kier molecular flexibility index (Phi) is 3.55. The Morgan fingerprint density at radius 1 is 1.04 bits per heavy atom. The molecule has 0 bridgehead atoms. The summed E-state index contributed by atoms with van der Waals surface area (Å²) in [6.07, 6.45) is 0. The van der Waals surface area contributed by atoms with E-state index in [9.17, 15) is 14.9 Å². The highest BCUT2D eigenvalue weighted by Gasteiger charge is 2.16. The third kappa shape index (κ3) is 2.77. The van der Waals surface area contributed by atoms with Gasteiger partial charge in [0.2, 0.25) is 17.7 Å². The molecule has 2 aromatic carbocycles. The first-order valence-electron chi connectivity index (χ1n) is 6.54. The third-order valence-corrected chi connectivity index (χ3v) is 3.17. The van der Waals surface area contributed by atoms with Crippen LogP contribution in [0.2, 0.25) is 0 Å². The van der Waals surface area contributed by atoms with Crippen molar-refractivity contribution in [3.05, 3.63) is 64.2 Å². The minimum atomic E-state index is -0.601. The average Bonchev–Trinajstić information content (AvgIpc) is 3.04. The van der Waals surface area contributed by atoms with Crippen LogP contribution < -0.4 is 5.73 Å². The summed E-state index contributed by atoms with van der Waals surface area (Å²) in [5.41, 5.74) is 6.52. The van der Waals surface area contributed by atoms with E-state index >= 15 is 0 Å². The largest absolute Gasteiger partial charge is 0.416 e. The molecule has 3 aromatic rings. The first kappa shape index (κ1) is 14.4. The standard InChI is InChI=1S/C15H10N4O4/c16-13(20)11-3-1-2-4-12(11)15-18-17-14(23-15)9-5-7-10(8-6-9)19(21)22/h1-8H,(H2,16,20). The van der Waals surface area contributed by atoms with Gasteiger partial charge in [-0.25, -0.2) is 0 Å². The Labute approximate surface area is 129 Å². The highest BCUT2D eigenvalue weighted by molar-refractivity contribution is 5.98. The van der Waals surface area contributed by atoms with Crippen molar-refractivity contribution in [1.82, 2.24) is 10.2 Å². The van der Waals surface area contributed by atoms with E-state index in [0.29, 0.717) is 11.1 Å². The molecule has 0 aliphatic heterocycles. The Hall–Kier alpha value is -3.55. The highest BCUT2D eigenvalue weighted by Crippen LogP contribution is 2.27. The number of aromatic nitrogens is 2. The number of nitro groups is 1. The Morgan fingerprint density at radius 3 is 2.35 bits per heavy atom. The van der Waals surface area contributed by atoms with Crippen molar-refractivity contribution in [1.29, 1.82) is 0 Å². The molecule has 1 aromatic heterocycles. The molecule has 8 heteroatoms. The fraction of sp³-hybridized carbons (Fsp3) is 0. The number of nitrogens with zero attached hydrogens (tertiary/aromatic N) is 3. The van der Waals surface area contributed by atoms with Crippen molar-refractivity contribution in [3.63, 3.8) is 0 Å². The lowest BCUT2D eigenvalue weighted by Gasteiger charge is -2.01. The van der Waals surface area contributed by atoms with E-state index in [1.165, 1.54) is 24.3 Å². The van der Waals surface area contributed by atoms with Gasteiger partial charge in [0.05, 0.1) is 16.1 Å². The number of hydrogen-bond donors (Lipinski definition) is 1. The van der Waals surface area contributed by atoms with Gasteiger partial charge in [-0.15, -0.1) is 10.2 Å². The Balaban J connectivity index is 1.98. The van der Waals surface area contributed by atoms with Gasteiger partial charge in [0, 0.05) is 17.7 Å². The van der Waals surface area contributed by atoms with Gasteiger partial charge in [0.15, 0.2) is 0 Å². The molecular formula is C15H10N4O4. The SMILES string of the molecule is NC(=O)c1ccccc1-c1nnc(-c2ccc([N+](=O)[O-])cc2)o1. The van der Waals surface area contributed by atoms with Crippen LogP contribution in [0, 0.1) is 10.1 Å². The van der Waals surface area contributed by atoms with E-state index in [1.54, 1.807) is 24.3 Å². The van der Waals surface area contributed by atoms with Crippen LogP contribution in [-0.4, -0.2) is 21.0 Å². The van der Waals surface area contributed by atoms with E-state index in [1.807, 2.05) is 0 Å². The number of amides is 1. The smallest absolute Gasteiger partial charge is 0.269 e. The number of primary amides is 1. The zero-order valence-corrected chi connectivity index (χ0v) is 11.7. The second-order valence-corrected chi connectivity index (χ2v) is 4.63. The minimum absolute atomic E-state index is 0.0347. The van der Waals surface area contributed by atoms with Crippen molar-refractivity contribution >= 4 is 11.6 Å². The predicted molar refractivity (Wildman–Crippen MR) is 80.3 cm³/mol. The lowest BCUT2D eigenvalue weighted by Crippen LogP contribution is -2.12. The van der Waals surface area contributed by atoms with Crippen LogP contribution in [0.4, 0.5) is 5.69 Å². The van der Waals surface area contributed by atoms with Gasteiger partial charge in [0.25, 0.3) is 5.69 Å². The summed E-state index contributed by atoms with van der Waals surface area (Å²) in [6.45, 7) is 0. The van der Waals surface area contributed by atoms with Crippen LogP contribution in [0.15, 0.2) is 52.9 Å². The van der Waals surface area contributed by atoms with E-state index in [2.05, 4.69) is 10.2 Å². The molecule has 1 amide bonds. The zero-order valence-electron chi connectivity index (χ0n) is 11.7. The van der Waals surface area contributed by atoms with Crippen molar-refractivity contribution < 1.29 is 14.1 Å². The molecule has 0 aliphatic rings. The Morgan fingerprint density at radius 2 is 1.70 bits per heavy atom. The minimum Gasteiger partial charge on any atom is -0.416 e. The van der Waals surface area contributed by atoms with E-state index < -0.39 is 10.8 Å². The predicted octanol–water partition coefficient (Wildman–Crippen LogP) is 2.41. The lowest BCUT2D eigenvalue weighted by molar-refractivity contribution is -0.384. The highest BCUT2D eigenvalue weighted by atomic mass is 16.6. The summed E-state index contributed by atoms with van der Waals surface area (Å²) in [5.74, 6) is -0.266. The molecule has 8 nitrogen and oxygen atoms in total. The quantitative estimate of drug-likeness (QED) is 0.582. The van der Waals surface area contributed by atoms with Gasteiger partial charge < -0.3 is 10.2 Å². The fourth-order valence-corrected chi connectivity index (χ4v) is 2.06. The summed E-state index contributed by atoms with van der Waals surface area (Å²) in [5, 5.41) is 18.5. The molecule has 3 rings (SSSR count). The van der Waals surface area contributed by atoms with Gasteiger partial charge in [-0.3, -0.25) is 14.9 Å². The molecule has 0 fully saturated rings. The zero-order chi connectivity index (χ0) is 16.4. The van der Waals surface area contributed by atoms with Gasteiger partial charge in [-0.1, -0.05) is 12.1 Å². The number of benzene rings is 2. The molecule has 23 heavy (non-hydrogen) atoms. The number of hydrogen-bond acceptors (Lipinski definition) is 6. The third-order valence-electron chi connectivity index (χ3n) is 3.17. The van der Waals surface area contributed by atoms with E-state index in [-0.39, 0.29) is 23.0 Å². The first-order chi connectivity index (χ1) is 11.1. The first-order valence-corrected chi connectivity index (χ1v) is 6.54. The summed E-state index contributed by atoms with van der Waals surface area (Å²) in [4.78, 5) is 21.6. The topological polar surface area (TPSA) is 125 Å². The van der Waals surface area contributed by atoms with Gasteiger partial charge in [0.1, 0.15) is 0 Å². The normalized spacial score (nSPS) is 10.4. The second kappa shape index (κ2) is 5.68. The molecule has 0 radical (unpaired) electrons. The number of carbonyl (C=O) groups is 1.